The standard InChI is InChI=1S/C25H25N3O2/c29-25(27-30)15-14-19-10-12-20(13-11-19)18-26-16-5-17-28-23-8-3-1-6-21(23)22-7-2-4-9-24(22)28/h1-4,6-15,26,30H,5,16-18H2,(H,27,29)/b15-14+. The van der Waals surface area contributed by atoms with Gasteiger partial charge in [0.05, 0.1) is 0 Å². The van der Waals surface area contributed by atoms with Crippen molar-refractivity contribution in [2.75, 3.05) is 6.54 Å². The van der Waals surface area contributed by atoms with Crippen LogP contribution in [0.15, 0.2) is 78.9 Å². The Balaban J connectivity index is 1.32. The Morgan fingerprint density at radius 1 is 0.900 bits per heavy atom. The van der Waals surface area contributed by atoms with Crippen LogP contribution < -0.4 is 10.8 Å². The molecule has 0 saturated heterocycles. The average Bonchev–Trinajstić information content (AvgIpc) is 3.12. The lowest BCUT2D eigenvalue weighted by molar-refractivity contribution is -0.124. The fourth-order valence-corrected chi connectivity index (χ4v) is 3.79. The molecule has 1 aromatic heterocycles. The highest BCUT2D eigenvalue weighted by Crippen LogP contribution is 2.28. The van der Waals surface area contributed by atoms with Gasteiger partial charge in [0, 0.05) is 41.0 Å². The van der Waals surface area contributed by atoms with Crippen LogP contribution in [0.5, 0.6) is 0 Å². The third-order valence-corrected chi connectivity index (χ3v) is 5.26. The number of aryl methyl sites for hydroxylation is 1. The third-order valence-electron chi connectivity index (χ3n) is 5.26. The van der Waals surface area contributed by atoms with Crippen molar-refractivity contribution < 1.29 is 10.0 Å². The molecule has 5 nitrogen and oxygen atoms in total. The smallest absolute Gasteiger partial charge is 0.267 e. The lowest BCUT2D eigenvalue weighted by Crippen LogP contribution is -2.16. The van der Waals surface area contributed by atoms with Gasteiger partial charge in [-0.3, -0.25) is 10.0 Å². The van der Waals surface area contributed by atoms with Crippen molar-refractivity contribution in [3.63, 3.8) is 0 Å². The van der Waals surface area contributed by atoms with Gasteiger partial charge in [0.2, 0.25) is 0 Å². The summed E-state index contributed by atoms with van der Waals surface area (Å²) >= 11 is 0. The molecule has 4 aromatic rings. The van der Waals surface area contributed by atoms with Crippen LogP contribution in [0.2, 0.25) is 0 Å². The number of hydrogen-bond acceptors (Lipinski definition) is 3. The van der Waals surface area contributed by atoms with E-state index in [1.807, 2.05) is 24.3 Å². The van der Waals surface area contributed by atoms with Gasteiger partial charge in [-0.1, -0.05) is 60.7 Å². The van der Waals surface area contributed by atoms with Crippen molar-refractivity contribution in [1.29, 1.82) is 0 Å². The molecule has 0 bridgehead atoms. The first-order chi connectivity index (χ1) is 14.8. The topological polar surface area (TPSA) is 66.3 Å². The predicted molar refractivity (Wildman–Crippen MR) is 121 cm³/mol. The van der Waals surface area contributed by atoms with E-state index in [0.29, 0.717) is 0 Å². The number of para-hydroxylation sites is 2. The second-order valence-corrected chi connectivity index (χ2v) is 7.27. The number of hydrogen-bond donors (Lipinski definition) is 3. The Kier molecular flexibility index (Phi) is 6.23. The molecule has 0 radical (unpaired) electrons. The molecule has 3 aromatic carbocycles. The molecular weight excluding hydrogens is 374 g/mol. The highest BCUT2D eigenvalue weighted by atomic mass is 16.5. The summed E-state index contributed by atoms with van der Waals surface area (Å²) < 4.78 is 2.41. The normalized spacial score (nSPS) is 11.5. The molecule has 0 atom stereocenters. The van der Waals surface area contributed by atoms with Gasteiger partial charge in [0.25, 0.3) is 5.91 Å². The Hall–Kier alpha value is -3.41. The minimum atomic E-state index is -0.538. The first-order valence-electron chi connectivity index (χ1n) is 10.1. The minimum absolute atomic E-state index is 0.538. The number of aromatic nitrogens is 1. The zero-order valence-electron chi connectivity index (χ0n) is 16.7. The van der Waals surface area contributed by atoms with Crippen molar-refractivity contribution in [3.8, 4) is 0 Å². The van der Waals surface area contributed by atoms with E-state index in [-0.39, 0.29) is 0 Å². The molecule has 30 heavy (non-hydrogen) atoms. The lowest BCUT2D eigenvalue weighted by Gasteiger charge is -2.09. The van der Waals surface area contributed by atoms with E-state index < -0.39 is 5.91 Å². The molecule has 3 N–H and O–H groups in total. The van der Waals surface area contributed by atoms with Crippen molar-refractivity contribution in [3.05, 3.63) is 90.0 Å². The van der Waals surface area contributed by atoms with Gasteiger partial charge in [-0.05, 0) is 42.3 Å². The molecule has 0 aliphatic heterocycles. The predicted octanol–water partition coefficient (Wildman–Crippen LogP) is 4.49. The Bertz CT molecular complexity index is 1120. The number of nitrogens with one attached hydrogen (secondary N) is 2. The number of nitrogens with zero attached hydrogens (tertiary/aromatic N) is 1. The van der Waals surface area contributed by atoms with E-state index in [1.54, 1.807) is 11.6 Å². The largest absolute Gasteiger partial charge is 0.340 e. The van der Waals surface area contributed by atoms with Gasteiger partial charge in [0.1, 0.15) is 0 Å². The van der Waals surface area contributed by atoms with E-state index in [1.165, 1.54) is 33.4 Å². The van der Waals surface area contributed by atoms with Gasteiger partial charge in [-0.2, -0.15) is 0 Å². The van der Waals surface area contributed by atoms with Crippen LogP contribution in [0.25, 0.3) is 27.9 Å². The van der Waals surface area contributed by atoms with Crippen LogP contribution in [-0.4, -0.2) is 22.2 Å². The van der Waals surface area contributed by atoms with Gasteiger partial charge in [-0.25, -0.2) is 5.48 Å². The van der Waals surface area contributed by atoms with E-state index in [9.17, 15) is 4.79 Å². The van der Waals surface area contributed by atoms with Crippen LogP contribution in [0, 0.1) is 0 Å². The molecule has 0 fully saturated rings. The average molecular weight is 399 g/mol. The first-order valence-corrected chi connectivity index (χ1v) is 10.1. The third kappa shape index (κ3) is 4.43. The summed E-state index contributed by atoms with van der Waals surface area (Å²) in [5.41, 5.74) is 6.26. The molecule has 0 aliphatic carbocycles. The van der Waals surface area contributed by atoms with E-state index in [4.69, 9.17) is 5.21 Å². The molecule has 0 spiro atoms. The second kappa shape index (κ2) is 9.39. The summed E-state index contributed by atoms with van der Waals surface area (Å²) in [5.74, 6) is -0.538. The van der Waals surface area contributed by atoms with Crippen molar-refractivity contribution >= 4 is 33.8 Å². The Labute approximate surface area is 175 Å². The Morgan fingerprint density at radius 2 is 1.53 bits per heavy atom. The van der Waals surface area contributed by atoms with Gasteiger partial charge < -0.3 is 9.88 Å². The SMILES string of the molecule is O=C(/C=C/c1ccc(CNCCCn2c3ccccc3c3ccccc32)cc1)NO. The Morgan fingerprint density at radius 3 is 2.17 bits per heavy atom. The summed E-state index contributed by atoms with van der Waals surface area (Å²) in [7, 11) is 0. The molecule has 1 amide bonds. The molecule has 1 heterocycles. The zero-order valence-corrected chi connectivity index (χ0v) is 16.7. The monoisotopic (exact) mass is 399 g/mol. The molecule has 5 heteroatoms. The van der Waals surface area contributed by atoms with Crippen molar-refractivity contribution in [1.82, 2.24) is 15.4 Å². The maximum atomic E-state index is 11.0. The van der Waals surface area contributed by atoms with E-state index in [2.05, 4.69) is 58.4 Å². The fourth-order valence-electron chi connectivity index (χ4n) is 3.79. The van der Waals surface area contributed by atoms with Crippen LogP contribution in [-0.2, 0) is 17.9 Å². The quantitative estimate of drug-likeness (QED) is 0.177. The van der Waals surface area contributed by atoms with Gasteiger partial charge >= 0.3 is 0 Å². The summed E-state index contributed by atoms with van der Waals surface area (Å²) in [5, 5.41) is 14.6. The maximum absolute atomic E-state index is 11.0. The fraction of sp³-hybridized carbons (Fsp3) is 0.160. The van der Waals surface area contributed by atoms with Crippen molar-refractivity contribution in [2.24, 2.45) is 0 Å². The summed E-state index contributed by atoms with van der Waals surface area (Å²) in [6, 6.07) is 25.2. The molecule has 0 saturated carbocycles. The zero-order chi connectivity index (χ0) is 20.8. The lowest BCUT2D eigenvalue weighted by atomic mass is 10.1. The van der Waals surface area contributed by atoms with Gasteiger partial charge in [-0.15, -0.1) is 0 Å². The number of rotatable bonds is 8. The number of carbonyl (C=O) groups is 1. The molecular formula is C25H25N3O2. The minimum Gasteiger partial charge on any atom is -0.340 e. The summed E-state index contributed by atoms with van der Waals surface area (Å²) in [6.07, 6.45) is 4.00. The van der Waals surface area contributed by atoms with Crippen LogP contribution in [0.4, 0.5) is 0 Å². The number of carbonyl (C=O) groups excluding carboxylic acids is 1. The number of fused-ring (bicyclic) bond motifs is 3. The summed E-state index contributed by atoms with van der Waals surface area (Å²) in [4.78, 5) is 11.0. The highest BCUT2D eigenvalue weighted by Gasteiger charge is 2.08. The number of amides is 1. The molecule has 152 valence electrons. The summed E-state index contributed by atoms with van der Waals surface area (Å²) in [6.45, 7) is 2.70. The molecule has 4 rings (SSSR count). The number of benzene rings is 3. The second-order valence-electron chi connectivity index (χ2n) is 7.27. The van der Waals surface area contributed by atoms with E-state index in [0.717, 1.165) is 31.6 Å². The van der Waals surface area contributed by atoms with Gasteiger partial charge in [0.15, 0.2) is 0 Å². The first kappa shape index (κ1) is 19.9. The van der Waals surface area contributed by atoms with Crippen LogP contribution in [0.3, 0.4) is 0 Å². The highest BCUT2D eigenvalue weighted by molar-refractivity contribution is 6.07. The maximum Gasteiger partial charge on any atom is 0.267 e. The van der Waals surface area contributed by atoms with Crippen LogP contribution >= 0.6 is 0 Å². The number of hydroxylamine groups is 1. The molecule has 0 unspecified atom stereocenters. The van der Waals surface area contributed by atoms with E-state index >= 15 is 0 Å². The van der Waals surface area contributed by atoms with Crippen molar-refractivity contribution in [2.45, 2.75) is 19.5 Å². The molecule has 0 aliphatic rings. The van der Waals surface area contributed by atoms with Crippen LogP contribution in [0.1, 0.15) is 17.5 Å².